The summed E-state index contributed by atoms with van der Waals surface area (Å²) in [5.74, 6) is 1.07. The Kier molecular flexibility index (Phi) is 3.20. The number of aromatic nitrogens is 3. The second-order valence-electron chi connectivity index (χ2n) is 4.01. The van der Waals surface area contributed by atoms with Crippen LogP contribution >= 0.6 is 22.9 Å². The molecule has 0 N–H and O–H groups in total. The van der Waals surface area contributed by atoms with Gasteiger partial charge in [0.1, 0.15) is 17.4 Å². The Balaban J connectivity index is 2.19. The number of rotatable bonds is 3. The van der Waals surface area contributed by atoms with Crippen LogP contribution in [0.3, 0.4) is 0 Å². The molecule has 0 aliphatic rings. The van der Waals surface area contributed by atoms with E-state index in [0.29, 0.717) is 23.5 Å². The van der Waals surface area contributed by atoms with E-state index in [4.69, 9.17) is 16.9 Å². The normalized spacial score (nSPS) is 10.7. The summed E-state index contributed by atoms with van der Waals surface area (Å²) in [7, 11) is 0. The fourth-order valence-corrected chi connectivity index (χ4v) is 2.79. The third kappa shape index (κ3) is 2.09. The Bertz CT molecular complexity index is 755. The van der Waals surface area contributed by atoms with Crippen LogP contribution in [0.4, 0.5) is 0 Å². The van der Waals surface area contributed by atoms with Gasteiger partial charge < -0.3 is 4.57 Å². The minimum absolute atomic E-state index is 0.309. The topological polar surface area (TPSA) is 54.5 Å². The molecule has 0 fully saturated rings. The monoisotopic (exact) mass is 288 g/mol. The predicted molar refractivity (Wildman–Crippen MR) is 75.2 cm³/mol. The SMILES string of the molecule is N#Cc1cccc2c1nc(CCl)n2Cc1cscn1. The fraction of sp³-hybridized carbons (Fsp3) is 0.154. The highest BCUT2D eigenvalue weighted by atomic mass is 35.5. The molecule has 0 spiro atoms. The molecule has 0 saturated heterocycles. The highest BCUT2D eigenvalue weighted by Gasteiger charge is 2.13. The van der Waals surface area contributed by atoms with Crippen LogP contribution in [0, 0.1) is 11.3 Å². The van der Waals surface area contributed by atoms with Crippen LogP contribution in [0.25, 0.3) is 11.0 Å². The van der Waals surface area contributed by atoms with Gasteiger partial charge in [-0.15, -0.1) is 22.9 Å². The molecule has 0 unspecified atom stereocenters. The summed E-state index contributed by atoms with van der Waals surface area (Å²) >= 11 is 7.51. The van der Waals surface area contributed by atoms with Gasteiger partial charge in [-0.05, 0) is 12.1 Å². The maximum atomic E-state index is 9.12. The van der Waals surface area contributed by atoms with E-state index in [1.807, 2.05) is 22.1 Å². The maximum Gasteiger partial charge on any atom is 0.125 e. The third-order valence-electron chi connectivity index (χ3n) is 2.90. The summed E-state index contributed by atoms with van der Waals surface area (Å²) in [6.07, 6.45) is 0. The summed E-state index contributed by atoms with van der Waals surface area (Å²) in [4.78, 5) is 8.74. The fourth-order valence-electron chi connectivity index (χ4n) is 2.04. The van der Waals surface area contributed by atoms with E-state index in [-0.39, 0.29) is 0 Å². The van der Waals surface area contributed by atoms with Crippen molar-refractivity contribution in [2.75, 3.05) is 0 Å². The number of hydrogen-bond acceptors (Lipinski definition) is 4. The van der Waals surface area contributed by atoms with Crippen LogP contribution in [-0.2, 0) is 12.4 Å². The van der Waals surface area contributed by atoms with Gasteiger partial charge in [0.05, 0.1) is 34.7 Å². The lowest BCUT2D eigenvalue weighted by molar-refractivity contribution is 0.763. The van der Waals surface area contributed by atoms with Crippen LogP contribution in [0.1, 0.15) is 17.1 Å². The maximum absolute atomic E-state index is 9.12. The molecule has 0 aliphatic carbocycles. The number of thiazole rings is 1. The first-order valence-electron chi connectivity index (χ1n) is 5.64. The smallest absolute Gasteiger partial charge is 0.125 e. The molecule has 0 bridgehead atoms. The number of hydrogen-bond donors (Lipinski definition) is 0. The molecule has 2 heterocycles. The molecule has 0 amide bonds. The average molecular weight is 289 g/mol. The average Bonchev–Trinajstić information content (AvgIpc) is 3.07. The molecule has 2 aromatic heterocycles. The number of halogens is 1. The lowest BCUT2D eigenvalue weighted by atomic mass is 10.2. The molecule has 19 heavy (non-hydrogen) atoms. The standard InChI is InChI=1S/C13H9ClN4S/c14-4-12-17-13-9(5-15)2-1-3-11(13)18(12)6-10-7-19-8-16-10/h1-3,7-8H,4,6H2. The van der Waals surface area contributed by atoms with Crippen LogP contribution in [0.5, 0.6) is 0 Å². The number of benzene rings is 1. The zero-order valence-electron chi connectivity index (χ0n) is 9.88. The first kappa shape index (κ1) is 12.2. The Hall–Kier alpha value is -1.90. The van der Waals surface area contributed by atoms with E-state index in [2.05, 4.69) is 16.0 Å². The number of alkyl halides is 1. The van der Waals surface area contributed by atoms with Crippen LogP contribution in [-0.4, -0.2) is 14.5 Å². The van der Waals surface area contributed by atoms with E-state index in [0.717, 1.165) is 17.0 Å². The van der Waals surface area contributed by atoms with E-state index in [9.17, 15) is 0 Å². The Labute approximate surface area is 118 Å². The summed E-state index contributed by atoms with van der Waals surface area (Å²) in [5, 5.41) is 11.1. The lowest BCUT2D eigenvalue weighted by Gasteiger charge is -2.05. The summed E-state index contributed by atoms with van der Waals surface area (Å²) in [6, 6.07) is 7.73. The molecule has 0 aliphatic heterocycles. The number of nitrogens with zero attached hydrogens (tertiary/aromatic N) is 4. The van der Waals surface area contributed by atoms with E-state index in [1.165, 1.54) is 0 Å². The molecule has 3 aromatic rings. The summed E-state index contributed by atoms with van der Waals surface area (Å²) < 4.78 is 2.01. The zero-order chi connectivity index (χ0) is 13.2. The molecule has 0 radical (unpaired) electrons. The number of fused-ring (bicyclic) bond motifs is 1. The number of imidazole rings is 1. The third-order valence-corrected chi connectivity index (χ3v) is 3.78. The largest absolute Gasteiger partial charge is 0.321 e. The number of nitriles is 1. The molecular formula is C13H9ClN4S. The first-order valence-corrected chi connectivity index (χ1v) is 7.12. The van der Waals surface area contributed by atoms with Crippen LogP contribution < -0.4 is 0 Å². The van der Waals surface area contributed by atoms with Gasteiger partial charge >= 0.3 is 0 Å². The molecule has 0 atom stereocenters. The lowest BCUT2D eigenvalue weighted by Crippen LogP contribution is -2.03. The van der Waals surface area contributed by atoms with Crippen molar-refractivity contribution >= 4 is 34.0 Å². The zero-order valence-corrected chi connectivity index (χ0v) is 11.4. The molecule has 4 nitrogen and oxygen atoms in total. The van der Waals surface area contributed by atoms with Gasteiger partial charge in [0.25, 0.3) is 0 Å². The van der Waals surface area contributed by atoms with E-state index in [1.54, 1.807) is 22.9 Å². The van der Waals surface area contributed by atoms with Crippen molar-refractivity contribution in [2.45, 2.75) is 12.4 Å². The molecule has 3 rings (SSSR count). The van der Waals surface area contributed by atoms with E-state index >= 15 is 0 Å². The highest BCUT2D eigenvalue weighted by Crippen LogP contribution is 2.22. The van der Waals surface area contributed by atoms with Gasteiger partial charge in [-0.1, -0.05) is 6.07 Å². The van der Waals surface area contributed by atoms with Crippen molar-refractivity contribution < 1.29 is 0 Å². The van der Waals surface area contributed by atoms with Gasteiger partial charge in [0, 0.05) is 5.38 Å². The van der Waals surface area contributed by atoms with Gasteiger partial charge in [-0.2, -0.15) is 5.26 Å². The molecule has 0 saturated carbocycles. The van der Waals surface area contributed by atoms with Gasteiger partial charge in [0.2, 0.25) is 0 Å². The highest BCUT2D eigenvalue weighted by molar-refractivity contribution is 7.07. The van der Waals surface area contributed by atoms with Crippen molar-refractivity contribution in [1.29, 1.82) is 5.26 Å². The van der Waals surface area contributed by atoms with Gasteiger partial charge in [0.15, 0.2) is 0 Å². The Morgan fingerprint density at radius 2 is 2.32 bits per heavy atom. The van der Waals surface area contributed by atoms with Crippen molar-refractivity contribution in [3.05, 3.63) is 46.2 Å². The van der Waals surface area contributed by atoms with E-state index < -0.39 is 0 Å². The molecule has 1 aromatic carbocycles. The predicted octanol–water partition coefficient (Wildman–Crippen LogP) is 3.15. The Morgan fingerprint density at radius 1 is 1.42 bits per heavy atom. The summed E-state index contributed by atoms with van der Waals surface area (Å²) in [6.45, 7) is 0.622. The van der Waals surface area contributed by atoms with Crippen molar-refractivity contribution in [1.82, 2.24) is 14.5 Å². The second-order valence-corrected chi connectivity index (χ2v) is 5.00. The van der Waals surface area contributed by atoms with Crippen LogP contribution in [0.2, 0.25) is 0 Å². The molecule has 94 valence electrons. The van der Waals surface area contributed by atoms with Crippen LogP contribution in [0.15, 0.2) is 29.1 Å². The minimum atomic E-state index is 0.309. The van der Waals surface area contributed by atoms with Crippen molar-refractivity contribution in [3.8, 4) is 6.07 Å². The van der Waals surface area contributed by atoms with Gasteiger partial charge in [-0.25, -0.2) is 9.97 Å². The Morgan fingerprint density at radius 3 is 3.00 bits per heavy atom. The van der Waals surface area contributed by atoms with Crippen molar-refractivity contribution in [2.24, 2.45) is 0 Å². The van der Waals surface area contributed by atoms with Gasteiger partial charge in [-0.3, -0.25) is 0 Å². The number of para-hydroxylation sites is 1. The summed E-state index contributed by atoms with van der Waals surface area (Å²) in [5.41, 5.74) is 4.97. The second kappa shape index (κ2) is 5.00. The quantitative estimate of drug-likeness (QED) is 0.696. The first-order chi connectivity index (χ1) is 9.33. The molecule has 6 heteroatoms. The molecular weight excluding hydrogens is 280 g/mol. The minimum Gasteiger partial charge on any atom is -0.321 e. The van der Waals surface area contributed by atoms with Crippen molar-refractivity contribution in [3.63, 3.8) is 0 Å².